The minimum absolute atomic E-state index is 0.0595. The predicted molar refractivity (Wildman–Crippen MR) is 53.6 cm³/mol. The molecule has 1 fully saturated rings. The Labute approximate surface area is 91.6 Å². The van der Waals surface area contributed by atoms with E-state index in [1.807, 2.05) is 0 Å². The van der Waals surface area contributed by atoms with Crippen LogP contribution >= 0.6 is 23.2 Å². The third-order valence-corrected chi connectivity index (χ3v) is 2.52. The third kappa shape index (κ3) is 2.15. The molecule has 0 radical (unpaired) electrons. The van der Waals surface area contributed by atoms with Crippen molar-refractivity contribution in [3.8, 4) is 0 Å². The van der Waals surface area contributed by atoms with Crippen molar-refractivity contribution in [2.24, 2.45) is 0 Å². The van der Waals surface area contributed by atoms with Gasteiger partial charge in [-0.05, 0) is 6.07 Å². The molecule has 14 heavy (non-hydrogen) atoms. The predicted octanol–water partition coefficient (Wildman–Crippen LogP) is 1.44. The topological polar surface area (TPSA) is 47.0 Å². The van der Waals surface area contributed by atoms with Gasteiger partial charge < -0.3 is 10.1 Å². The monoisotopic (exact) mass is 233 g/mol. The van der Waals surface area contributed by atoms with E-state index in [-0.39, 0.29) is 6.04 Å². The first-order valence-electron chi connectivity index (χ1n) is 4.27. The minimum atomic E-state index is 0.0595. The van der Waals surface area contributed by atoms with Crippen molar-refractivity contribution in [3.05, 3.63) is 21.9 Å². The number of halogens is 2. The second kappa shape index (κ2) is 4.40. The van der Waals surface area contributed by atoms with Crippen molar-refractivity contribution in [1.29, 1.82) is 0 Å². The Kier molecular flexibility index (Phi) is 3.18. The van der Waals surface area contributed by atoms with Crippen LogP contribution in [0, 0.1) is 0 Å². The summed E-state index contributed by atoms with van der Waals surface area (Å²) in [7, 11) is 0. The molecule has 0 aromatic carbocycles. The van der Waals surface area contributed by atoms with E-state index in [2.05, 4.69) is 15.5 Å². The third-order valence-electron chi connectivity index (χ3n) is 2.04. The fourth-order valence-corrected chi connectivity index (χ4v) is 1.76. The van der Waals surface area contributed by atoms with Crippen LogP contribution in [0.2, 0.25) is 10.3 Å². The zero-order chi connectivity index (χ0) is 9.97. The molecule has 2 rings (SSSR count). The molecule has 1 aliphatic heterocycles. The Morgan fingerprint density at radius 2 is 2.29 bits per heavy atom. The van der Waals surface area contributed by atoms with Crippen LogP contribution in [0.1, 0.15) is 11.6 Å². The summed E-state index contributed by atoms with van der Waals surface area (Å²) in [5.41, 5.74) is 0.839. The molecule has 1 saturated heterocycles. The van der Waals surface area contributed by atoms with Crippen LogP contribution in [0.15, 0.2) is 6.07 Å². The van der Waals surface area contributed by atoms with Gasteiger partial charge in [0.05, 0.1) is 19.3 Å². The first-order valence-corrected chi connectivity index (χ1v) is 5.02. The molecule has 0 bridgehead atoms. The number of ether oxygens (including phenoxy) is 1. The van der Waals surface area contributed by atoms with E-state index in [0.29, 0.717) is 16.9 Å². The molecular weight excluding hydrogens is 225 g/mol. The first kappa shape index (κ1) is 10.1. The molecular formula is C8H9Cl2N3O. The van der Waals surface area contributed by atoms with Gasteiger partial charge in [0, 0.05) is 12.1 Å². The van der Waals surface area contributed by atoms with Gasteiger partial charge in [0.25, 0.3) is 0 Å². The summed E-state index contributed by atoms with van der Waals surface area (Å²) in [4.78, 5) is 0. The Balaban J connectivity index is 2.24. The van der Waals surface area contributed by atoms with Crippen molar-refractivity contribution in [2.75, 3.05) is 19.8 Å². The second-order valence-electron chi connectivity index (χ2n) is 2.99. The second-order valence-corrected chi connectivity index (χ2v) is 3.74. The number of nitrogens with zero attached hydrogens (tertiary/aromatic N) is 2. The summed E-state index contributed by atoms with van der Waals surface area (Å²) in [5.74, 6) is 0. The lowest BCUT2D eigenvalue weighted by Crippen LogP contribution is -2.34. The summed E-state index contributed by atoms with van der Waals surface area (Å²) in [5, 5.41) is 11.4. The van der Waals surface area contributed by atoms with Crippen molar-refractivity contribution < 1.29 is 4.74 Å². The number of aromatic nitrogens is 2. The number of morpholine rings is 1. The molecule has 0 saturated carbocycles. The van der Waals surface area contributed by atoms with E-state index in [9.17, 15) is 0 Å². The molecule has 2 heterocycles. The Morgan fingerprint density at radius 3 is 3.00 bits per heavy atom. The van der Waals surface area contributed by atoms with E-state index >= 15 is 0 Å². The van der Waals surface area contributed by atoms with Crippen LogP contribution in [-0.2, 0) is 4.74 Å². The molecule has 1 atom stereocenters. The SMILES string of the molecule is Clc1cc(C2COCCN2)c(Cl)nn1. The summed E-state index contributed by atoms with van der Waals surface area (Å²) in [6.45, 7) is 2.11. The molecule has 0 aliphatic carbocycles. The highest BCUT2D eigenvalue weighted by atomic mass is 35.5. The van der Waals surface area contributed by atoms with Gasteiger partial charge in [0.2, 0.25) is 0 Å². The van der Waals surface area contributed by atoms with E-state index in [4.69, 9.17) is 27.9 Å². The summed E-state index contributed by atoms with van der Waals surface area (Å²) < 4.78 is 5.32. The largest absolute Gasteiger partial charge is 0.378 e. The van der Waals surface area contributed by atoms with Crippen molar-refractivity contribution in [3.63, 3.8) is 0 Å². The standard InChI is InChI=1S/C8H9Cl2N3O/c9-7-3-5(8(10)13-12-7)6-4-14-2-1-11-6/h3,6,11H,1-2,4H2. The van der Waals surface area contributed by atoms with Gasteiger partial charge in [-0.15, -0.1) is 10.2 Å². The molecule has 1 aromatic heterocycles. The molecule has 1 aliphatic rings. The average Bonchev–Trinajstić information content (AvgIpc) is 2.23. The van der Waals surface area contributed by atoms with Gasteiger partial charge in [-0.1, -0.05) is 23.2 Å². The summed E-state index contributed by atoms with van der Waals surface area (Å²) in [6, 6.07) is 1.77. The highest BCUT2D eigenvalue weighted by Gasteiger charge is 2.19. The van der Waals surface area contributed by atoms with Crippen LogP contribution in [-0.4, -0.2) is 30.0 Å². The minimum Gasteiger partial charge on any atom is -0.378 e. The van der Waals surface area contributed by atoms with Crippen molar-refractivity contribution >= 4 is 23.2 Å². The molecule has 1 N–H and O–H groups in total. The molecule has 6 heteroatoms. The lowest BCUT2D eigenvalue weighted by Gasteiger charge is -2.24. The fourth-order valence-electron chi connectivity index (χ4n) is 1.38. The van der Waals surface area contributed by atoms with Gasteiger partial charge in [0.15, 0.2) is 10.3 Å². The van der Waals surface area contributed by atoms with Crippen LogP contribution in [0.5, 0.6) is 0 Å². The van der Waals surface area contributed by atoms with Gasteiger partial charge in [-0.25, -0.2) is 0 Å². The quantitative estimate of drug-likeness (QED) is 0.798. The van der Waals surface area contributed by atoms with E-state index in [1.165, 1.54) is 0 Å². The molecule has 0 spiro atoms. The van der Waals surface area contributed by atoms with Gasteiger partial charge >= 0.3 is 0 Å². The number of nitrogens with one attached hydrogen (secondary N) is 1. The number of rotatable bonds is 1. The molecule has 76 valence electrons. The van der Waals surface area contributed by atoms with Gasteiger partial charge in [-0.2, -0.15) is 0 Å². The molecule has 4 nitrogen and oxygen atoms in total. The summed E-state index contributed by atoms with van der Waals surface area (Å²) >= 11 is 11.6. The number of hydrogen-bond acceptors (Lipinski definition) is 4. The maximum Gasteiger partial charge on any atom is 0.156 e. The van der Waals surface area contributed by atoms with Gasteiger partial charge in [-0.3, -0.25) is 0 Å². The zero-order valence-corrected chi connectivity index (χ0v) is 8.85. The maximum absolute atomic E-state index is 5.90. The smallest absolute Gasteiger partial charge is 0.156 e. The zero-order valence-electron chi connectivity index (χ0n) is 7.33. The lowest BCUT2D eigenvalue weighted by molar-refractivity contribution is 0.0767. The maximum atomic E-state index is 5.90. The number of hydrogen-bond donors (Lipinski definition) is 1. The average molecular weight is 234 g/mol. The van der Waals surface area contributed by atoms with Crippen LogP contribution in [0.25, 0.3) is 0 Å². The highest BCUT2D eigenvalue weighted by molar-refractivity contribution is 6.31. The molecule has 1 aromatic rings. The Bertz CT molecular complexity index is 328. The first-order chi connectivity index (χ1) is 6.77. The highest BCUT2D eigenvalue weighted by Crippen LogP contribution is 2.23. The summed E-state index contributed by atoms with van der Waals surface area (Å²) in [6.07, 6.45) is 0. The fraction of sp³-hybridized carbons (Fsp3) is 0.500. The lowest BCUT2D eigenvalue weighted by atomic mass is 10.1. The van der Waals surface area contributed by atoms with Crippen LogP contribution < -0.4 is 5.32 Å². The molecule has 1 unspecified atom stereocenters. The van der Waals surface area contributed by atoms with Crippen molar-refractivity contribution in [2.45, 2.75) is 6.04 Å². The van der Waals surface area contributed by atoms with Crippen LogP contribution in [0.4, 0.5) is 0 Å². The van der Waals surface area contributed by atoms with E-state index in [1.54, 1.807) is 6.07 Å². The van der Waals surface area contributed by atoms with Crippen LogP contribution in [0.3, 0.4) is 0 Å². The van der Waals surface area contributed by atoms with Crippen molar-refractivity contribution in [1.82, 2.24) is 15.5 Å². The van der Waals surface area contributed by atoms with E-state index < -0.39 is 0 Å². The van der Waals surface area contributed by atoms with E-state index in [0.717, 1.165) is 18.7 Å². The van der Waals surface area contributed by atoms with Gasteiger partial charge in [0.1, 0.15) is 0 Å². The molecule has 0 amide bonds. The Morgan fingerprint density at radius 1 is 1.43 bits per heavy atom. The normalized spacial score (nSPS) is 22.3. The Hall–Kier alpha value is -0.420.